The molecule has 144 valence electrons. The van der Waals surface area contributed by atoms with Crippen LogP contribution in [0.15, 0.2) is 47.0 Å². The van der Waals surface area contributed by atoms with E-state index in [1.165, 1.54) is 5.56 Å². The Bertz CT molecular complexity index is 1010. The molecule has 2 heterocycles. The first-order chi connectivity index (χ1) is 13.5. The highest BCUT2D eigenvalue weighted by Gasteiger charge is 2.34. The molecule has 1 N–H and O–H groups in total. The van der Waals surface area contributed by atoms with Gasteiger partial charge in [-0.05, 0) is 62.9 Å². The van der Waals surface area contributed by atoms with Gasteiger partial charge >= 0.3 is 6.03 Å². The molecule has 2 aromatic carbocycles. The van der Waals surface area contributed by atoms with Crippen LogP contribution in [0.2, 0.25) is 0 Å². The minimum absolute atomic E-state index is 0.138. The summed E-state index contributed by atoms with van der Waals surface area (Å²) in [7, 11) is 0. The predicted octanol–water partition coefficient (Wildman–Crippen LogP) is 5.03. The van der Waals surface area contributed by atoms with E-state index in [-0.39, 0.29) is 12.1 Å². The van der Waals surface area contributed by atoms with E-state index in [9.17, 15) is 4.79 Å². The monoisotopic (exact) mass is 376 g/mol. The molecule has 4 rings (SSSR count). The first-order valence-electron chi connectivity index (χ1n) is 9.57. The summed E-state index contributed by atoms with van der Waals surface area (Å²) in [5.41, 5.74) is 5.20. The smallest absolute Gasteiger partial charge is 0.322 e. The summed E-state index contributed by atoms with van der Waals surface area (Å²) in [6.07, 6.45) is 1.73. The molecule has 0 unspecified atom stereocenters. The number of anilines is 1. The van der Waals surface area contributed by atoms with Crippen molar-refractivity contribution in [1.29, 1.82) is 0 Å². The molecule has 1 aliphatic rings. The van der Waals surface area contributed by atoms with Crippen molar-refractivity contribution in [2.45, 2.75) is 39.7 Å². The van der Waals surface area contributed by atoms with Crippen LogP contribution >= 0.6 is 0 Å². The largest absolute Gasteiger partial charge is 0.337 e. The highest BCUT2D eigenvalue weighted by atomic mass is 16.5. The molecular formula is C22H24N4O2. The SMILES string of the molecule is Cc1cccc(-c2noc([C@H]3CCCN3C(=O)Nc3ccc(C)c(C)c3)n2)c1. The summed E-state index contributed by atoms with van der Waals surface area (Å²) in [5, 5.41) is 7.12. The van der Waals surface area contributed by atoms with E-state index in [2.05, 4.69) is 22.4 Å². The predicted molar refractivity (Wildman–Crippen MR) is 108 cm³/mol. The van der Waals surface area contributed by atoms with Gasteiger partial charge in [-0.2, -0.15) is 4.98 Å². The molecule has 0 bridgehead atoms. The van der Waals surface area contributed by atoms with E-state index >= 15 is 0 Å². The Morgan fingerprint density at radius 1 is 1.14 bits per heavy atom. The number of hydrogen-bond donors (Lipinski definition) is 1. The second kappa shape index (κ2) is 7.46. The summed E-state index contributed by atoms with van der Waals surface area (Å²) in [4.78, 5) is 19.2. The van der Waals surface area contributed by atoms with E-state index in [1.807, 2.05) is 56.3 Å². The molecule has 1 fully saturated rings. The Morgan fingerprint density at radius 3 is 2.79 bits per heavy atom. The summed E-state index contributed by atoms with van der Waals surface area (Å²) in [6.45, 7) is 6.79. The number of hydrogen-bond acceptors (Lipinski definition) is 4. The van der Waals surface area contributed by atoms with Crippen molar-refractivity contribution in [2.75, 3.05) is 11.9 Å². The van der Waals surface area contributed by atoms with Gasteiger partial charge in [0.25, 0.3) is 0 Å². The third kappa shape index (κ3) is 3.63. The molecule has 1 aliphatic heterocycles. The molecule has 1 aromatic heterocycles. The second-order valence-electron chi connectivity index (χ2n) is 7.41. The average Bonchev–Trinajstić information content (AvgIpc) is 3.33. The molecule has 0 radical (unpaired) electrons. The van der Waals surface area contributed by atoms with Gasteiger partial charge in [-0.25, -0.2) is 4.79 Å². The molecule has 1 atom stereocenters. The molecule has 6 nitrogen and oxygen atoms in total. The molecule has 28 heavy (non-hydrogen) atoms. The lowest BCUT2D eigenvalue weighted by Gasteiger charge is -2.22. The maximum absolute atomic E-state index is 12.8. The third-order valence-electron chi connectivity index (χ3n) is 5.27. The van der Waals surface area contributed by atoms with Gasteiger partial charge in [-0.15, -0.1) is 0 Å². The Balaban J connectivity index is 1.52. The van der Waals surface area contributed by atoms with E-state index in [0.717, 1.165) is 35.2 Å². The van der Waals surface area contributed by atoms with Crippen molar-refractivity contribution in [3.63, 3.8) is 0 Å². The van der Waals surface area contributed by atoms with Crippen LogP contribution < -0.4 is 5.32 Å². The number of amides is 2. The third-order valence-corrected chi connectivity index (χ3v) is 5.27. The molecule has 6 heteroatoms. The van der Waals surface area contributed by atoms with Gasteiger partial charge in [-0.3, -0.25) is 0 Å². The van der Waals surface area contributed by atoms with Crippen molar-refractivity contribution in [3.8, 4) is 11.4 Å². The molecule has 0 saturated carbocycles. The first kappa shape index (κ1) is 18.2. The van der Waals surface area contributed by atoms with Crippen molar-refractivity contribution in [1.82, 2.24) is 15.0 Å². The fourth-order valence-corrected chi connectivity index (χ4v) is 3.55. The number of aromatic nitrogens is 2. The van der Waals surface area contributed by atoms with Gasteiger partial charge in [0.05, 0.1) is 0 Å². The fourth-order valence-electron chi connectivity index (χ4n) is 3.55. The summed E-state index contributed by atoms with van der Waals surface area (Å²) in [5.74, 6) is 1.05. The van der Waals surface area contributed by atoms with Crippen LogP contribution in [0, 0.1) is 20.8 Å². The van der Waals surface area contributed by atoms with Gasteiger partial charge in [0.1, 0.15) is 6.04 Å². The first-order valence-corrected chi connectivity index (χ1v) is 9.57. The minimum Gasteiger partial charge on any atom is -0.337 e. The van der Waals surface area contributed by atoms with Crippen LogP contribution in [0.5, 0.6) is 0 Å². The standard InChI is InChI=1S/C22H24N4O2/c1-14-6-4-7-17(12-14)20-24-21(28-25-20)19-8-5-11-26(19)22(27)23-18-10-9-15(2)16(3)13-18/h4,6-7,9-10,12-13,19H,5,8,11H2,1-3H3,(H,23,27)/t19-/m1/s1. The molecular weight excluding hydrogens is 352 g/mol. The maximum atomic E-state index is 12.8. The number of urea groups is 1. The molecule has 0 spiro atoms. The van der Waals surface area contributed by atoms with Crippen molar-refractivity contribution in [3.05, 3.63) is 65.0 Å². The molecule has 3 aromatic rings. The zero-order chi connectivity index (χ0) is 19.7. The van der Waals surface area contributed by atoms with Crippen molar-refractivity contribution >= 4 is 11.7 Å². The van der Waals surface area contributed by atoms with E-state index in [1.54, 1.807) is 4.90 Å². The number of rotatable bonds is 3. The van der Waals surface area contributed by atoms with Crippen LogP contribution in [0.4, 0.5) is 10.5 Å². The van der Waals surface area contributed by atoms with Gasteiger partial charge in [0, 0.05) is 17.8 Å². The molecule has 1 saturated heterocycles. The number of nitrogens with zero attached hydrogens (tertiary/aromatic N) is 3. The van der Waals surface area contributed by atoms with Crippen molar-refractivity contribution < 1.29 is 9.32 Å². The fraction of sp³-hybridized carbons (Fsp3) is 0.318. The number of carbonyl (C=O) groups is 1. The maximum Gasteiger partial charge on any atom is 0.322 e. The zero-order valence-corrected chi connectivity index (χ0v) is 16.4. The summed E-state index contributed by atoms with van der Waals surface area (Å²) in [6, 6.07) is 13.6. The zero-order valence-electron chi connectivity index (χ0n) is 16.4. The average molecular weight is 376 g/mol. The molecule has 2 amide bonds. The number of carbonyl (C=O) groups excluding carboxylic acids is 1. The highest BCUT2D eigenvalue weighted by Crippen LogP contribution is 2.32. The van der Waals surface area contributed by atoms with Crippen LogP contribution in [-0.2, 0) is 0 Å². The van der Waals surface area contributed by atoms with Crippen molar-refractivity contribution in [2.24, 2.45) is 0 Å². The lowest BCUT2D eigenvalue weighted by atomic mass is 10.1. The topological polar surface area (TPSA) is 71.3 Å². The number of nitrogens with one attached hydrogen (secondary N) is 1. The number of likely N-dealkylation sites (tertiary alicyclic amines) is 1. The lowest BCUT2D eigenvalue weighted by molar-refractivity contribution is 0.193. The van der Waals surface area contributed by atoms with E-state index in [4.69, 9.17) is 4.52 Å². The van der Waals surface area contributed by atoms with Crippen LogP contribution in [0.25, 0.3) is 11.4 Å². The summed E-state index contributed by atoms with van der Waals surface area (Å²) >= 11 is 0. The Kier molecular flexibility index (Phi) is 4.86. The Hall–Kier alpha value is -3.15. The normalized spacial score (nSPS) is 16.4. The van der Waals surface area contributed by atoms with Gasteiger partial charge in [0.15, 0.2) is 0 Å². The quantitative estimate of drug-likeness (QED) is 0.696. The number of benzene rings is 2. The highest BCUT2D eigenvalue weighted by molar-refractivity contribution is 5.89. The second-order valence-corrected chi connectivity index (χ2v) is 7.41. The minimum atomic E-state index is -0.197. The van der Waals surface area contributed by atoms with Gasteiger partial charge < -0.3 is 14.7 Å². The van der Waals surface area contributed by atoms with Crippen LogP contribution in [-0.4, -0.2) is 27.6 Å². The lowest BCUT2D eigenvalue weighted by Crippen LogP contribution is -2.34. The van der Waals surface area contributed by atoms with E-state index in [0.29, 0.717) is 18.3 Å². The van der Waals surface area contributed by atoms with Crippen LogP contribution in [0.1, 0.15) is 41.5 Å². The van der Waals surface area contributed by atoms with Crippen LogP contribution in [0.3, 0.4) is 0 Å². The van der Waals surface area contributed by atoms with Gasteiger partial charge in [-0.1, -0.05) is 35.0 Å². The summed E-state index contributed by atoms with van der Waals surface area (Å²) < 4.78 is 5.53. The Morgan fingerprint density at radius 2 is 2.00 bits per heavy atom. The Labute approximate surface area is 164 Å². The van der Waals surface area contributed by atoms with Gasteiger partial charge in [0.2, 0.25) is 11.7 Å². The number of aryl methyl sites for hydroxylation is 3. The van der Waals surface area contributed by atoms with E-state index < -0.39 is 0 Å². The molecule has 0 aliphatic carbocycles.